The number of halogens is 1. The van der Waals surface area contributed by atoms with Gasteiger partial charge in [-0.05, 0) is 34.1 Å². The lowest BCUT2D eigenvalue weighted by molar-refractivity contribution is -0.384. The van der Waals surface area contributed by atoms with Crippen LogP contribution in [0.5, 0.6) is 0 Å². The van der Waals surface area contributed by atoms with Crippen LogP contribution in [0.1, 0.15) is 10.5 Å². The van der Waals surface area contributed by atoms with Crippen LogP contribution >= 0.6 is 15.9 Å². The third kappa shape index (κ3) is 3.06. The van der Waals surface area contributed by atoms with Crippen molar-refractivity contribution in [3.8, 4) is 0 Å². The van der Waals surface area contributed by atoms with E-state index in [1.165, 1.54) is 30.3 Å². The molecule has 1 heterocycles. The molecule has 0 fully saturated rings. The summed E-state index contributed by atoms with van der Waals surface area (Å²) in [5, 5.41) is 20.4. The molecule has 0 spiro atoms. The molecule has 9 heteroatoms. The molecular weight excluding hydrogens is 330 g/mol. The van der Waals surface area contributed by atoms with Crippen molar-refractivity contribution in [3.63, 3.8) is 0 Å². The molecule has 1 amide bonds. The van der Waals surface area contributed by atoms with Gasteiger partial charge in [-0.25, -0.2) is 0 Å². The highest BCUT2D eigenvalue weighted by Gasteiger charge is 2.13. The number of nitrogens with one attached hydrogen (secondary N) is 1. The second kappa shape index (κ2) is 5.61. The highest BCUT2D eigenvalue weighted by molar-refractivity contribution is 9.10. The molecule has 0 atom stereocenters. The van der Waals surface area contributed by atoms with Crippen LogP contribution in [0.25, 0.3) is 0 Å². The van der Waals surface area contributed by atoms with Gasteiger partial charge in [0, 0.05) is 16.6 Å². The summed E-state index contributed by atoms with van der Waals surface area (Å²) in [6.45, 7) is 0. The van der Waals surface area contributed by atoms with Gasteiger partial charge in [0.2, 0.25) is 0 Å². The minimum absolute atomic E-state index is 0.0813. The monoisotopic (exact) mass is 337 g/mol. The zero-order valence-corrected chi connectivity index (χ0v) is 11.5. The summed E-state index contributed by atoms with van der Waals surface area (Å²) in [6.07, 6.45) is 0. The largest absolute Gasteiger partial charge is 0.382 e. The fourth-order valence-corrected chi connectivity index (χ4v) is 1.83. The Bertz CT molecular complexity index is 674. The maximum atomic E-state index is 11.9. The maximum absolute atomic E-state index is 11.9. The molecule has 3 N–H and O–H groups in total. The van der Waals surface area contributed by atoms with Gasteiger partial charge < -0.3 is 11.1 Å². The maximum Gasteiger partial charge on any atom is 0.276 e. The molecule has 102 valence electrons. The first-order chi connectivity index (χ1) is 9.47. The first kappa shape index (κ1) is 13.9. The Labute approximate surface area is 121 Å². The molecule has 0 saturated heterocycles. The van der Waals surface area contributed by atoms with Crippen molar-refractivity contribution >= 4 is 39.0 Å². The van der Waals surface area contributed by atoms with Crippen LogP contribution in [0.15, 0.2) is 34.8 Å². The van der Waals surface area contributed by atoms with Crippen LogP contribution in [0.3, 0.4) is 0 Å². The first-order valence-corrected chi connectivity index (χ1v) is 6.11. The van der Waals surface area contributed by atoms with Crippen LogP contribution in [0, 0.1) is 10.1 Å². The van der Waals surface area contributed by atoms with Crippen LogP contribution < -0.4 is 11.1 Å². The topological polar surface area (TPSA) is 124 Å². The number of nitro groups is 1. The highest BCUT2D eigenvalue weighted by atomic mass is 79.9. The van der Waals surface area contributed by atoms with E-state index in [0.717, 1.165) is 0 Å². The number of aromatic nitrogens is 2. The van der Waals surface area contributed by atoms with Gasteiger partial charge in [-0.15, -0.1) is 10.2 Å². The predicted molar refractivity (Wildman–Crippen MR) is 75.2 cm³/mol. The minimum atomic E-state index is -0.526. The van der Waals surface area contributed by atoms with E-state index in [2.05, 4.69) is 31.4 Å². The molecule has 0 aliphatic heterocycles. The Kier molecular flexibility index (Phi) is 3.89. The third-order valence-electron chi connectivity index (χ3n) is 2.33. The lowest BCUT2D eigenvalue weighted by Gasteiger charge is -2.06. The molecule has 0 radical (unpaired) electrons. The van der Waals surface area contributed by atoms with E-state index in [1.807, 2.05) is 0 Å². The van der Waals surface area contributed by atoms with Gasteiger partial charge in [-0.2, -0.15) is 0 Å². The van der Waals surface area contributed by atoms with Gasteiger partial charge in [0.1, 0.15) is 5.82 Å². The Morgan fingerprint density at radius 2 is 2.05 bits per heavy atom. The smallest absolute Gasteiger partial charge is 0.276 e. The number of nitrogens with zero attached hydrogens (tertiary/aromatic N) is 3. The minimum Gasteiger partial charge on any atom is -0.382 e. The Balaban J connectivity index is 2.19. The predicted octanol–water partition coefficient (Wildman–Crippen LogP) is 1.98. The summed E-state index contributed by atoms with van der Waals surface area (Å²) in [5.74, 6) is -0.287. The Morgan fingerprint density at radius 1 is 1.30 bits per heavy atom. The van der Waals surface area contributed by atoms with Crippen molar-refractivity contribution in [2.24, 2.45) is 0 Å². The highest BCUT2D eigenvalue weighted by Crippen LogP contribution is 2.27. The molecule has 0 saturated carbocycles. The van der Waals surface area contributed by atoms with Crippen molar-refractivity contribution in [2.75, 3.05) is 11.1 Å². The fourth-order valence-electron chi connectivity index (χ4n) is 1.37. The van der Waals surface area contributed by atoms with Crippen molar-refractivity contribution in [1.29, 1.82) is 0 Å². The molecule has 0 unspecified atom stereocenters. The van der Waals surface area contributed by atoms with E-state index < -0.39 is 10.8 Å². The number of hydrogen-bond donors (Lipinski definition) is 2. The van der Waals surface area contributed by atoms with Crippen LogP contribution in [-0.2, 0) is 0 Å². The Morgan fingerprint density at radius 3 is 2.60 bits per heavy atom. The van der Waals surface area contributed by atoms with E-state index >= 15 is 0 Å². The molecule has 0 aliphatic rings. The number of carbonyl (C=O) groups is 1. The third-order valence-corrected chi connectivity index (χ3v) is 2.99. The van der Waals surface area contributed by atoms with Gasteiger partial charge in [-0.3, -0.25) is 14.9 Å². The van der Waals surface area contributed by atoms with Crippen LogP contribution in [0.2, 0.25) is 0 Å². The molecule has 8 nitrogen and oxygen atoms in total. The number of rotatable bonds is 3. The molecule has 20 heavy (non-hydrogen) atoms. The number of carbonyl (C=O) groups excluding carboxylic acids is 1. The zero-order valence-electron chi connectivity index (χ0n) is 9.91. The summed E-state index contributed by atoms with van der Waals surface area (Å²) < 4.78 is 0.392. The standard InChI is InChI=1S/C11H8BrN5O3/c12-7-5-6(17(19)20)1-2-8(7)14-11(18)9-3-4-10(13)16-15-9/h1-5H,(H2,13,16)(H,14,18). The molecule has 1 aromatic heterocycles. The second-order valence-electron chi connectivity index (χ2n) is 3.72. The number of nitro benzene ring substituents is 1. The average molecular weight is 338 g/mol. The number of nitrogens with two attached hydrogens (primary N) is 1. The van der Waals surface area contributed by atoms with E-state index in [-0.39, 0.29) is 17.2 Å². The number of non-ortho nitro benzene ring substituents is 1. The number of anilines is 2. The SMILES string of the molecule is Nc1ccc(C(=O)Nc2ccc([N+](=O)[O-])cc2Br)nn1. The van der Waals surface area contributed by atoms with Crippen molar-refractivity contribution < 1.29 is 9.72 Å². The van der Waals surface area contributed by atoms with E-state index in [1.54, 1.807) is 0 Å². The van der Waals surface area contributed by atoms with Gasteiger partial charge >= 0.3 is 0 Å². The molecular formula is C11H8BrN5O3. The van der Waals surface area contributed by atoms with Crippen molar-refractivity contribution in [2.45, 2.75) is 0 Å². The number of hydrogen-bond acceptors (Lipinski definition) is 6. The van der Waals surface area contributed by atoms with E-state index in [4.69, 9.17) is 5.73 Å². The molecule has 1 aromatic carbocycles. The lowest BCUT2D eigenvalue weighted by Crippen LogP contribution is -2.15. The fraction of sp³-hybridized carbons (Fsp3) is 0. The molecule has 2 rings (SSSR count). The Hall–Kier alpha value is -2.55. The number of nitrogen functional groups attached to an aromatic ring is 1. The normalized spacial score (nSPS) is 10.1. The van der Waals surface area contributed by atoms with Crippen molar-refractivity contribution in [3.05, 3.63) is 50.6 Å². The van der Waals surface area contributed by atoms with Gasteiger partial charge in [-0.1, -0.05) is 0 Å². The van der Waals surface area contributed by atoms with Gasteiger partial charge in [0.25, 0.3) is 11.6 Å². The second-order valence-corrected chi connectivity index (χ2v) is 4.57. The summed E-state index contributed by atoms with van der Waals surface area (Å²) in [6, 6.07) is 6.88. The number of benzene rings is 1. The molecule has 0 bridgehead atoms. The quantitative estimate of drug-likeness (QED) is 0.651. The van der Waals surface area contributed by atoms with E-state index in [0.29, 0.717) is 10.2 Å². The summed E-state index contributed by atoms with van der Waals surface area (Å²) in [4.78, 5) is 22.0. The van der Waals surface area contributed by atoms with Crippen LogP contribution in [0.4, 0.5) is 17.2 Å². The van der Waals surface area contributed by atoms with Crippen LogP contribution in [-0.4, -0.2) is 21.0 Å². The lowest BCUT2D eigenvalue weighted by atomic mass is 10.2. The summed E-state index contributed by atoms with van der Waals surface area (Å²) in [7, 11) is 0. The molecule has 2 aromatic rings. The van der Waals surface area contributed by atoms with Gasteiger partial charge in [0.05, 0.1) is 10.6 Å². The first-order valence-electron chi connectivity index (χ1n) is 5.32. The molecule has 0 aliphatic carbocycles. The van der Waals surface area contributed by atoms with Crippen molar-refractivity contribution in [1.82, 2.24) is 10.2 Å². The zero-order chi connectivity index (χ0) is 14.7. The van der Waals surface area contributed by atoms with Gasteiger partial charge in [0.15, 0.2) is 5.69 Å². The summed E-state index contributed by atoms with van der Waals surface area (Å²) >= 11 is 3.15. The van der Waals surface area contributed by atoms with E-state index in [9.17, 15) is 14.9 Å². The summed E-state index contributed by atoms with van der Waals surface area (Å²) in [5.41, 5.74) is 5.77. The number of amides is 1. The average Bonchev–Trinajstić information content (AvgIpc) is 2.41.